The number of amides is 1. The van der Waals surface area contributed by atoms with E-state index in [4.69, 9.17) is 9.72 Å². The van der Waals surface area contributed by atoms with Gasteiger partial charge in [-0.2, -0.15) is 5.10 Å². The van der Waals surface area contributed by atoms with Gasteiger partial charge >= 0.3 is 0 Å². The monoisotopic (exact) mass is 428 g/mol. The van der Waals surface area contributed by atoms with Gasteiger partial charge in [0.1, 0.15) is 5.01 Å². The van der Waals surface area contributed by atoms with Crippen LogP contribution in [-0.4, -0.2) is 40.4 Å². The molecule has 1 aliphatic heterocycles. The fourth-order valence-corrected chi connectivity index (χ4v) is 4.52. The minimum absolute atomic E-state index is 0.0394. The summed E-state index contributed by atoms with van der Waals surface area (Å²) in [6.45, 7) is 8.82. The van der Waals surface area contributed by atoms with E-state index in [0.717, 1.165) is 54.6 Å². The predicted molar refractivity (Wildman–Crippen MR) is 120 cm³/mol. The molecule has 1 N–H and O–H groups in total. The highest BCUT2D eigenvalue weighted by atomic mass is 32.1. The van der Waals surface area contributed by atoms with Gasteiger partial charge in [-0.25, -0.2) is 4.98 Å². The second kappa shape index (κ2) is 9.02. The summed E-state index contributed by atoms with van der Waals surface area (Å²) in [5, 5.41) is 10.6. The molecule has 2 fully saturated rings. The molecule has 1 amide bonds. The normalized spacial score (nSPS) is 18.2. The summed E-state index contributed by atoms with van der Waals surface area (Å²) in [6.07, 6.45) is 11.3. The second-order valence-electron chi connectivity index (χ2n) is 9.40. The minimum atomic E-state index is -0.106. The van der Waals surface area contributed by atoms with Crippen molar-refractivity contribution in [2.75, 3.05) is 19.8 Å². The third-order valence-corrected chi connectivity index (χ3v) is 6.57. The molecule has 3 heterocycles. The Hall–Kier alpha value is -1.99. The molecule has 2 aromatic rings. The topological polar surface area (TPSA) is 69.0 Å². The second-order valence-corrected chi connectivity index (χ2v) is 10.3. The van der Waals surface area contributed by atoms with Crippen LogP contribution < -0.4 is 5.32 Å². The lowest BCUT2D eigenvalue weighted by atomic mass is 10.0. The number of rotatable bonds is 7. The van der Waals surface area contributed by atoms with Crippen molar-refractivity contribution in [1.82, 2.24) is 20.1 Å². The SMILES string of the molecule is CC(C)(C)n1ncc(-c2nc(CC(=O)NCC3CCOCC3)cs2)c1C=CC1CC1. The number of nitrogens with one attached hydrogen (secondary N) is 1. The van der Waals surface area contributed by atoms with Crippen molar-refractivity contribution in [3.8, 4) is 10.6 Å². The number of thiazole rings is 1. The molecule has 1 aliphatic carbocycles. The maximum Gasteiger partial charge on any atom is 0.226 e. The quantitative estimate of drug-likeness (QED) is 0.715. The fraction of sp³-hybridized carbons (Fsp3) is 0.609. The lowest BCUT2D eigenvalue weighted by Crippen LogP contribution is -2.33. The molecule has 2 aliphatic rings. The van der Waals surface area contributed by atoms with Gasteiger partial charge in [0.2, 0.25) is 5.91 Å². The molecular weight excluding hydrogens is 396 g/mol. The summed E-state index contributed by atoms with van der Waals surface area (Å²) in [7, 11) is 0. The number of ether oxygens (including phenoxy) is 1. The van der Waals surface area contributed by atoms with Gasteiger partial charge in [0, 0.05) is 25.1 Å². The van der Waals surface area contributed by atoms with Gasteiger partial charge < -0.3 is 10.1 Å². The Morgan fingerprint density at radius 3 is 2.77 bits per heavy atom. The summed E-state index contributed by atoms with van der Waals surface area (Å²) < 4.78 is 7.45. The number of carbonyl (C=O) groups is 1. The first-order valence-electron chi connectivity index (χ1n) is 11.0. The average molecular weight is 429 g/mol. The minimum Gasteiger partial charge on any atom is -0.381 e. The molecule has 0 bridgehead atoms. The van der Waals surface area contributed by atoms with Crippen molar-refractivity contribution < 1.29 is 9.53 Å². The van der Waals surface area contributed by atoms with Crippen molar-refractivity contribution >= 4 is 23.3 Å². The zero-order chi connectivity index (χ0) is 21.1. The lowest BCUT2D eigenvalue weighted by Gasteiger charge is -2.22. The van der Waals surface area contributed by atoms with Gasteiger partial charge in [-0.3, -0.25) is 9.48 Å². The first kappa shape index (κ1) is 21.2. The molecule has 0 radical (unpaired) electrons. The number of aromatic nitrogens is 3. The molecule has 7 heteroatoms. The first-order valence-corrected chi connectivity index (χ1v) is 11.8. The van der Waals surface area contributed by atoms with Crippen LogP contribution >= 0.6 is 11.3 Å². The summed E-state index contributed by atoms with van der Waals surface area (Å²) in [4.78, 5) is 17.1. The zero-order valence-corrected chi connectivity index (χ0v) is 19.0. The molecule has 0 aromatic carbocycles. The molecule has 2 aromatic heterocycles. The third-order valence-electron chi connectivity index (χ3n) is 5.64. The van der Waals surface area contributed by atoms with Crippen LogP contribution in [0.4, 0.5) is 0 Å². The van der Waals surface area contributed by atoms with Crippen LogP contribution in [-0.2, 0) is 21.5 Å². The molecule has 6 nitrogen and oxygen atoms in total. The van der Waals surface area contributed by atoms with Gasteiger partial charge in [0.05, 0.1) is 35.1 Å². The summed E-state index contributed by atoms with van der Waals surface area (Å²) >= 11 is 1.58. The zero-order valence-electron chi connectivity index (χ0n) is 18.2. The van der Waals surface area contributed by atoms with Gasteiger partial charge in [-0.15, -0.1) is 11.3 Å². The number of allylic oxidation sites excluding steroid dienone is 1. The predicted octanol–water partition coefficient (Wildman–Crippen LogP) is 4.27. The molecule has 0 spiro atoms. The molecule has 1 saturated carbocycles. The van der Waals surface area contributed by atoms with Crippen LogP contribution in [0.2, 0.25) is 0 Å². The highest BCUT2D eigenvalue weighted by molar-refractivity contribution is 7.13. The van der Waals surface area contributed by atoms with E-state index >= 15 is 0 Å². The first-order chi connectivity index (χ1) is 14.4. The van der Waals surface area contributed by atoms with E-state index in [9.17, 15) is 4.79 Å². The van der Waals surface area contributed by atoms with Crippen LogP contribution in [0.3, 0.4) is 0 Å². The van der Waals surface area contributed by atoms with E-state index in [2.05, 4.69) is 48.0 Å². The van der Waals surface area contributed by atoms with Crippen LogP contribution in [0, 0.1) is 11.8 Å². The van der Waals surface area contributed by atoms with Crippen LogP contribution in [0.5, 0.6) is 0 Å². The largest absolute Gasteiger partial charge is 0.381 e. The van der Waals surface area contributed by atoms with E-state index in [1.807, 2.05) is 11.6 Å². The van der Waals surface area contributed by atoms with Crippen molar-refractivity contribution in [2.45, 2.75) is 58.4 Å². The van der Waals surface area contributed by atoms with Crippen LogP contribution in [0.1, 0.15) is 57.8 Å². The van der Waals surface area contributed by atoms with Gasteiger partial charge in [-0.05, 0) is 64.4 Å². The smallest absolute Gasteiger partial charge is 0.226 e. The number of carbonyl (C=O) groups excluding carboxylic acids is 1. The molecule has 30 heavy (non-hydrogen) atoms. The molecule has 4 rings (SSSR count). The maximum absolute atomic E-state index is 12.4. The Labute approximate surface area is 182 Å². The Bertz CT molecular complexity index is 899. The van der Waals surface area contributed by atoms with E-state index in [0.29, 0.717) is 18.3 Å². The molecule has 1 saturated heterocycles. The van der Waals surface area contributed by atoms with Crippen molar-refractivity contribution in [2.24, 2.45) is 11.8 Å². The summed E-state index contributed by atoms with van der Waals surface area (Å²) in [5.41, 5.74) is 2.85. The van der Waals surface area contributed by atoms with Crippen LogP contribution in [0.15, 0.2) is 17.7 Å². The number of nitrogens with zero attached hydrogens (tertiary/aromatic N) is 3. The van der Waals surface area contributed by atoms with E-state index < -0.39 is 0 Å². The molecule has 162 valence electrons. The number of hydrogen-bond acceptors (Lipinski definition) is 5. The van der Waals surface area contributed by atoms with Crippen molar-refractivity contribution in [1.29, 1.82) is 0 Å². The Morgan fingerprint density at radius 2 is 2.07 bits per heavy atom. The Kier molecular flexibility index (Phi) is 6.39. The highest BCUT2D eigenvalue weighted by Crippen LogP contribution is 2.34. The lowest BCUT2D eigenvalue weighted by molar-refractivity contribution is -0.120. The van der Waals surface area contributed by atoms with E-state index in [1.54, 1.807) is 11.3 Å². The van der Waals surface area contributed by atoms with Gasteiger partial charge in [0.25, 0.3) is 0 Å². The Morgan fingerprint density at radius 1 is 1.30 bits per heavy atom. The van der Waals surface area contributed by atoms with Gasteiger partial charge in [-0.1, -0.05) is 6.08 Å². The van der Waals surface area contributed by atoms with Crippen LogP contribution in [0.25, 0.3) is 16.6 Å². The molecule has 0 unspecified atom stereocenters. The van der Waals surface area contributed by atoms with E-state index in [-0.39, 0.29) is 11.4 Å². The fourth-order valence-electron chi connectivity index (χ4n) is 3.68. The summed E-state index contributed by atoms with van der Waals surface area (Å²) in [6, 6.07) is 0. The van der Waals surface area contributed by atoms with E-state index in [1.165, 1.54) is 12.8 Å². The highest BCUT2D eigenvalue weighted by Gasteiger charge is 2.24. The molecule has 0 atom stereocenters. The summed E-state index contributed by atoms with van der Waals surface area (Å²) in [5.74, 6) is 1.27. The van der Waals surface area contributed by atoms with Crippen molar-refractivity contribution in [3.63, 3.8) is 0 Å². The van der Waals surface area contributed by atoms with Gasteiger partial charge in [0.15, 0.2) is 0 Å². The number of hydrogen-bond donors (Lipinski definition) is 1. The maximum atomic E-state index is 12.4. The Balaban J connectivity index is 1.44. The third kappa shape index (κ3) is 5.38. The molecular formula is C23H32N4O2S. The van der Waals surface area contributed by atoms with Crippen molar-refractivity contribution in [3.05, 3.63) is 29.0 Å². The average Bonchev–Trinajstić information content (AvgIpc) is 3.25. The standard InChI is InChI=1S/C23H32N4O2S/c1-23(2,3)27-20(7-6-16-4-5-16)19(14-25-27)22-26-18(15-30-22)12-21(28)24-13-17-8-10-29-11-9-17/h6-7,14-17H,4-5,8-13H2,1-3H3,(H,24,28).